The number of hydrogen-bond acceptors (Lipinski definition) is 1. The van der Waals surface area contributed by atoms with Crippen LogP contribution < -0.4 is 0 Å². The molecule has 0 spiro atoms. The second-order valence-electron chi connectivity index (χ2n) is 8.20. The number of para-hydroxylation sites is 3. The predicted molar refractivity (Wildman–Crippen MR) is 133 cm³/mol. The van der Waals surface area contributed by atoms with Gasteiger partial charge in [-0.25, -0.2) is 0 Å². The first-order valence-electron chi connectivity index (χ1n) is 10.9. The third-order valence-corrected chi connectivity index (χ3v) is 6.40. The van der Waals surface area contributed by atoms with Gasteiger partial charge in [0.15, 0.2) is 0 Å². The number of furan rings is 1. The summed E-state index contributed by atoms with van der Waals surface area (Å²) in [5.74, 6) is 0. The largest absolute Gasteiger partial charge is 0.456 e. The molecule has 0 N–H and O–H groups in total. The third kappa shape index (κ3) is 2.41. The maximum Gasteiger partial charge on any atom is 0.135 e. The Kier molecular flexibility index (Phi) is 3.58. The molecule has 0 bridgehead atoms. The number of nitrogens with zero attached hydrogens (tertiary/aromatic N) is 1. The normalized spacial score (nSPS) is 11.8. The van der Waals surface area contributed by atoms with Crippen LogP contribution >= 0.6 is 0 Å². The standard InChI is InChI=1S/C30H19NO/c1-2-9-20(10-3-1)22-13-8-14-25-23-11-4-6-15-27(23)31(30(22)25)21-17-18-29-26(19-21)24-12-5-7-16-28(24)32-29/h1-19H. The molecule has 0 amide bonds. The van der Waals surface area contributed by atoms with E-state index < -0.39 is 0 Å². The molecule has 0 aliphatic heterocycles. The predicted octanol–water partition coefficient (Wildman–Crippen LogP) is 8.35. The highest BCUT2D eigenvalue weighted by Gasteiger charge is 2.17. The fourth-order valence-electron chi connectivity index (χ4n) is 4.99. The summed E-state index contributed by atoms with van der Waals surface area (Å²) in [7, 11) is 0. The van der Waals surface area contributed by atoms with Gasteiger partial charge in [0.25, 0.3) is 0 Å². The van der Waals surface area contributed by atoms with Crippen molar-refractivity contribution in [1.29, 1.82) is 0 Å². The molecule has 0 saturated heterocycles. The quantitative estimate of drug-likeness (QED) is 0.280. The summed E-state index contributed by atoms with van der Waals surface area (Å²) in [5.41, 5.74) is 7.86. The fourth-order valence-corrected chi connectivity index (χ4v) is 4.99. The summed E-state index contributed by atoms with van der Waals surface area (Å²) >= 11 is 0. The van der Waals surface area contributed by atoms with E-state index in [0.717, 1.165) is 27.6 Å². The maximum absolute atomic E-state index is 6.08. The molecule has 0 radical (unpaired) electrons. The van der Waals surface area contributed by atoms with Gasteiger partial charge < -0.3 is 8.98 Å². The van der Waals surface area contributed by atoms with Crippen molar-refractivity contribution in [2.45, 2.75) is 0 Å². The van der Waals surface area contributed by atoms with Crippen LogP contribution in [-0.4, -0.2) is 4.57 Å². The van der Waals surface area contributed by atoms with Crippen LogP contribution in [0.1, 0.15) is 0 Å². The maximum atomic E-state index is 6.08. The molecule has 0 fully saturated rings. The molecular weight excluding hydrogens is 390 g/mol. The molecule has 2 heterocycles. The second-order valence-corrected chi connectivity index (χ2v) is 8.20. The zero-order valence-corrected chi connectivity index (χ0v) is 17.3. The minimum absolute atomic E-state index is 0.916. The van der Waals surface area contributed by atoms with Crippen LogP contribution in [0.3, 0.4) is 0 Å². The van der Waals surface area contributed by atoms with Crippen LogP contribution in [-0.2, 0) is 0 Å². The number of rotatable bonds is 2. The van der Waals surface area contributed by atoms with Gasteiger partial charge in [-0.05, 0) is 35.9 Å². The molecule has 0 aliphatic rings. The molecule has 0 aliphatic carbocycles. The highest BCUT2D eigenvalue weighted by atomic mass is 16.3. The van der Waals surface area contributed by atoms with Gasteiger partial charge in [0.2, 0.25) is 0 Å². The van der Waals surface area contributed by atoms with Crippen molar-refractivity contribution in [3.8, 4) is 16.8 Å². The first-order valence-corrected chi connectivity index (χ1v) is 10.9. The van der Waals surface area contributed by atoms with E-state index in [1.807, 2.05) is 12.1 Å². The molecule has 7 aromatic rings. The van der Waals surface area contributed by atoms with Crippen LogP contribution in [0.2, 0.25) is 0 Å². The lowest BCUT2D eigenvalue weighted by molar-refractivity contribution is 0.669. The molecule has 2 aromatic heterocycles. The van der Waals surface area contributed by atoms with Gasteiger partial charge >= 0.3 is 0 Å². The van der Waals surface area contributed by atoms with Crippen molar-refractivity contribution in [2.75, 3.05) is 0 Å². The van der Waals surface area contributed by atoms with Crippen molar-refractivity contribution < 1.29 is 4.42 Å². The van der Waals surface area contributed by atoms with E-state index in [9.17, 15) is 0 Å². The van der Waals surface area contributed by atoms with E-state index in [1.54, 1.807) is 0 Å². The molecule has 150 valence electrons. The first-order chi connectivity index (χ1) is 15.9. The highest BCUT2D eigenvalue weighted by Crippen LogP contribution is 2.39. The van der Waals surface area contributed by atoms with Gasteiger partial charge in [-0.2, -0.15) is 0 Å². The number of aromatic nitrogens is 1. The monoisotopic (exact) mass is 409 g/mol. The Hall–Kier alpha value is -4.30. The minimum Gasteiger partial charge on any atom is -0.456 e. The molecule has 32 heavy (non-hydrogen) atoms. The highest BCUT2D eigenvalue weighted by molar-refractivity contribution is 6.14. The first kappa shape index (κ1) is 17.4. The zero-order chi connectivity index (χ0) is 21.1. The number of fused-ring (bicyclic) bond motifs is 6. The van der Waals surface area contributed by atoms with Crippen LogP contribution in [0.15, 0.2) is 120 Å². The lowest BCUT2D eigenvalue weighted by atomic mass is 10.0. The lowest BCUT2D eigenvalue weighted by Gasteiger charge is -2.12. The van der Waals surface area contributed by atoms with Crippen LogP contribution in [0, 0.1) is 0 Å². The fraction of sp³-hybridized carbons (Fsp3) is 0. The molecule has 0 saturated carbocycles. The van der Waals surface area contributed by atoms with E-state index >= 15 is 0 Å². The van der Waals surface area contributed by atoms with E-state index in [1.165, 1.54) is 32.9 Å². The molecule has 2 heteroatoms. The van der Waals surface area contributed by atoms with Gasteiger partial charge in [0.05, 0.1) is 11.0 Å². The van der Waals surface area contributed by atoms with E-state index in [0.29, 0.717) is 0 Å². The SMILES string of the molecule is c1ccc(-c2cccc3c4ccccc4n(-c4ccc5oc6ccccc6c5c4)c23)cc1. The Labute approximate surface area is 184 Å². The molecular formula is C30H19NO. The summed E-state index contributed by atoms with van der Waals surface area (Å²) in [6, 6.07) is 40.7. The summed E-state index contributed by atoms with van der Waals surface area (Å²) in [6.07, 6.45) is 0. The van der Waals surface area contributed by atoms with Gasteiger partial charge in [0.1, 0.15) is 11.2 Å². The summed E-state index contributed by atoms with van der Waals surface area (Å²) in [5, 5.41) is 4.81. The van der Waals surface area contributed by atoms with Crippen molar-refractivity contribution in [3.05, 3.63) is 115 Å². The van der Waals surface area contributed by atoms with Gasteiger partial charge in [-0.1, -0.05) is 84.9 Å². The molecule has 7 rings (SSSR count). The Morgan fingerprint density at radius 1 is 0.500 bits per heavy atom. The zero-order valence-electron chi connectivity index (χ0n) is 17.3. The average Bonchev–Trinajstić information content (AvgIpc) is 3.40. The van der Waals surface area contributed by atoms with Gasteiger partial charge in [-0.15, -0.1) is 0 Å². The van der Waals surface area contributed by atoms with Crippen LogP contribution in [0.4, 0.5) is 0 Å². The Morgan fingerprint density at radius 2 is 1.22 bits per heavy atom. The number of benzene rings is 5. The lowest BCUT2D eigenvalue weighted by Crippen LogP contribution is -1.95. The van der Waals surface area contributed by atoms with Gasteiger partial charge in [-0.3, -0.25) is 0 Å². The summed E-state index contributed by atoms with van der Waals surface area (Å²) in [4.78, 5) is 0. The van der Waals surface area contributed by atoms with Gasteiger partial charge in [0, 0.05) is 32.8 Å². The number of hydrogen-bond donors (Lipinski definition) is 0. The second kappa shape index (κ2) is 6.60. The van der Waals surface area contributed by atoms with Crippen molar-refractivity contribution in [3.63, 3.8) is 0 Å². The topological polar surface area (TPSA) is 18.1 Å². The molecule has 5 aromatic carbocycles. The van der Waals surface area contributed by atoms with Crippen LogP contribution in [0.25, 0.3) is 60.6 Å². The molecule has 2 nitrogen and oxygen atoms in total. The molecule has 0 unspecified atom stereocenters. The van der Waals surface area contributed by atoms with Crippen LogP contribution in [0.5, 0.6) is 0 Å². The summed E-state index contributed by atoms with van der Waals surface area (Å²) < 4.78 is 8.48. The summed E-state index contributed by atoms with van der Waals surface area (Å²) in [6.45, 7) is 0. The van der Waals surface area contributed by atoms with E-state index in [4.69, 9.17) is 4.42 Å². The Balaban J connectivity index is 1.63. The minimum atomic E-state index is 0.916. The molecule has 0 atom stereocenters. The van der Waals surface area contributed by atoms with Crippen molar-refractivity contribution in [2.24, 2.45) is 0 Å². The van der Waals surface area contributed by atoms with Crippen molar-refractivity contribution >= 4 is 43.7 Å². The van der Waals surface area contributed by atoms with E-state index in [2.05, 4.69) is 108 Å². The average molecular weight is 409 g/mol. The Morgan fingerprint density at radius 3 is 2.12 bits per heavy atom. The van der Waals surface area contributed by atoms with E-state index in [-0.39, 0.29) is 0 Å². The smallest absolute Gasteiger partial charge is 0.135 e. The Bertz CT molecular complexity index is 1770. The van der Waals surface area contributed by atoms with Crippen molar-refractivity contribution in [1.82, 2.24) is 4.57 Å². The third-order valence-electron chi connectivity index (χ3n) is 6.40.